The van der Waals surface area contributed by atoms with Crippen molar-refractivity contribution in [2.75, 3.05) is 36.8 Å². The molecule has 1 aromatic carbocycles. The van der Waals surface area contributed by atoms with E-state index in [0.717, 1.165) is 41.9 Å². The van der Waals surface area contributed by atoms with Crippen molar-refractivity contribution in [3.05, 3.63) is 22.2 Å². The van der Waals surface area contributed by atoms with Gasteiger partial charge in [-0.15, -0.1) is 0 Å². The summed E-state index contributed by atoms with van der Waals surface area (Å²) in [4.78, 5) is 5.03. The number of halogens is 1. The van der Waals surface area contributed by atoms with Crippen molar-refractivity contribution >= 4 is 27.3 Å². The van der Waals surface area contributed by atoms with Crippen molar-refractivity contribution in [1.82, 2.24) is 4.90 Å². The summed E-state index contributed by atoms with van der Waals surface area (Å²) >= 11 is 3.64. The van der Waals surface area contributed by atoms with Gasteiger partial charge in [0.25, 0.3) is 0 Å². The number of nitrogens with zero attached hydrogens (tertiary/aromatic N) is 2. The molecule has 1 heterocycles. The number of hydrogen-bond acceptors (Lipinski definition) is 3. The van der Waals surface area contributed by atoms with E-state index in [1.165, 1.54) is 12.1 Å². The molecule has 1 fully saturated rings. The molecule has 0 radical (unpaired) electrons. The largest absolute Gasteiger partial charge is 0.398 e. The van der Waals surface area contributed by atoms with Gasteiger partial charge in [-0.1, -0.05) is 6.92 Å². The Morgan fingerprint density at radius 2 is 1.89 bits per heavy atom. The lowest BCUT2D eigenvalue weighted by atomic mass is 10.1. The summed E-state index contributed by atoms with van der Waals surface area (Å²) in [7, 11) is 0. The Balaban J connectivity index is 2.07. The molecule has 4 heteroatoms. The van der Waals surface area contributed by atoms with Crippen LogP contribution in [0.15, 0.2) is 16.6 Å². The summed E-state index contributed by atoms with van der Waals surface area (Å²) in [5.74, 6) is 0. The standard InChI is InChI=1S/C15H24BrN3/c1-4-12(3)18-5-7-19(8-6-18)15-9-11(2)14(17)10-13(15)16/h9-10,12H,4-8,17H2,1-3H3. The molecule has 2 N–H and O–H groups in total. The third kappa shape index (κ3) is 3.23. The number of nitrogen functional groups attached to an aromatic ring is 1. The highest BCUT2D eigenvalue weighted by atomic mass is 79.9. The van der Waals surface area contributed by atoms with E-state index in [0.29, 0.717) is 6.04 Å². The lowest BCUT2D eigenvalue weighted by molar-refractivity contribution is 0.193. The first kappa shape index (κ1) is 14.7. The van der Waals surface area contributed by atoms with Gasteiger partial charge >= 0.3 is 0 Å². The van der Waals surface area contributed by atoms with Gasteiger partial charge in [0.2, 0.25) is 0 Å². The van der Waals surface area contributed by atoms with E-state index in [9.17, 15) is 0 Å². The molecule has 1 atom stereocenters. The second-order valence-corrected chi connectivity index (χ2v) is 6.29. The highest BCUT2D eigenvalue weighted by Crippen LogP contribution is 2.31. The molecule has 0 spiro atoms. The highest BCUT2D eigenvalue weighted by Gasteiger charge is 2.21. The van der Waals surface area contributed by atoms with Gasteiger partial charge in [-0.3, -0.25) is 4.90 Å². The molecule has 1 unspecified atom stereocenters. The maximum absolute atomic E-state index is 5.94. The average molecular weight is 326 g/mol. The van der Waals surface area contributed by atoms with Crippen LogP contribution in [0.3, 0.4) is 0 Å². The summed E-state index contributed by atoms with van der Waals surface area (Å²) in [5.41, 5.74) is 9.23. The van der Waals surface area contributed by atoms with Crippen LogP contribution in [0.2, 0.25) is 0 Å². The zero-order valence-corrected chi connectivity index (χ0v) is 13.7. The van der Waals surface area contributed by atoms with Gasteiger partial charge < -0.3 is 10.6 Å². The van der Waals surface area contributed by atoms with Crippen LogP contribution in [0.25, 0.3) is 0 Å². The smallest absolute Gasteiger partial charge is 0.0515 e. The van der Waals surface area contributed by atoms with E-state index >= 15 is 0 Å². The Bertz CT molecular complexity index is 439. The van der Waals surface area contributed by atoms with E-state index in [-0.39, 0.29) is 0 Å². The molecule has 1 saturated heterocycles. The van der Waals surface area contributed by atoms with Crippen molar-refractivity contribution < 1.29 is 0 Å². The Kier molecular flexibility index (Phi) is 4.74. The van der Waals surface area contributed by atoms with Gasteiger partial charge in [0.05, 0.1) is 5.69 Å². The number of anilines is 2. The van der Waals surface area contributed by atoms with E-state index in [1.807, 2.05) is 6.07 Å². The summed E-state index contributed by atoms with van der Waals surface area (Å²) in [6.07, 6.45) is 1.23. The Hall–Kier alpha value is -0.740. The molecule has 1 aromatic rings. The van der Waals surface area contributed by atoms with Gasteiger partial charge in [-0.2, -0.15) is 0 Å². The van der Waals surface area contributed by atoms with Crippen LogP contribution in [-0.2, 0) is 0 Å². The fourth-order valence-electron chi connectivity index (χ4n) is 2.59. The van der Waals surface area contributed by atoms with Gasteiger partial charge in [-0.05, 0) is 53.9 Å². The predicted molar refractivity (Wildman–Crippen MR) is 86.8 cm³/mol. The molecule has 1 aliphatic heterocycles. The average Bonchev–Trinajstić information content (AvgIpc) is 2.42. The van der Waals surface area contributed by atoms with Crippen LogP contribution in [0.4, 0.5) is 11.4 Å². The number of piperazine rings is 1. The number of hydrogen-bond donors (Lipinski definition) is 1. The fraction of sp³-hybridized carbons (Fsp3) is 0.600. The quantitative estimate of drug-likeness (QED) is 0.866. The molecule has 0 aromatic heterocycles. The van der Waals surface area contributed by atoms with Crippen molar-refractivity contribution in [2.45, 2.75) is 33.2 Å². The predicted octanol–water partition coefficient (Wildman–Crippen LogP) is 3.26. The van der Waals surface area contributed by atoms with Crippen molar-refractivity contribution in [1.29, 1.82) is 0 Å². The van der Waals surface area contributed by atoms with E-state index < -0.39 is 0 Å². The number of nitrogens with two attached hydrogens (primary N) is 1. The number of benzene rings is 1. The third-order valence-electron chi connectivity index (χ3n) is 4.20. The number of rotatable bonds is 3. The van der Waals surface area contributed by atoms with Gasteiger partial charge in [-0.25, -0.2) is 0 Å². The zero-order chi connectivity index (χ0) is 14.0. The second-order valence-electron chi connectivity index (χ2n) is 5.44. The van der Waals surface area contributed by atoms with Crippen LogP contribution >= 0.6 is 15.9 Å². The highest BCUT2D eigenvalue weighted by molar-refractivity contribution is 9.10. The Labute approximate surface area is 124 Å². The summed E-state index contributed by atoms with van der Waals surface area (Å²) in [5, 5.41) is 0. The fourth-order valence-corrected chi connectivity index (χ4v) is 3.20. The molecular weight excluding hydrogens is 302 g/mol. The van der Waals surface area contributed by atoms with E-state index in [1.54, 1.807) is 0 Å². The summed E-state index contributed by atoms with van der Waals surface area (Å²) < 4.78 is 1.10. The minimum absolute atomic E-state index is 0.693. The first-order valence-electron chi connectivity index (χ1n) is 7.07. The topological polar surface area (TPSA) is 32.5 Å². The molecule has 0 aliphatic carbocycles. The molecule has 2 rings (SSSR count). The number of aryl methyl sites for hydroxylation is 1. The molecular formula is C15H24BrN3. The van der Waals surface area contributed by atoms with E-state index in [2.05, 4.69) is 52.6 Å². The first-order valence-corrected chi connectivity index (χ1v) is 7.86. The van der Waals surface area contributed by atoms with E-state index in [4.69, 9.17) is 5.73 Å². The van der Waals surface area contributed by atoms with Crippen LogP contribution in [-0.4, -0.2) is 37.1 Å². The third-order valence-corrected chi connectivity index (χ3v) is 4.84. The lowest BCUT2D eigenvalue weighted by Crippen LogP contribution is -2.49. The van der Waals surface area contributed by atoms with Crippen LogP contribution in [0.1, 0.15) is 25.8 Å². The summed E-state index contributed by atoms with van der Waals surface area (Å²) in [6.45, 7) is 11.1. The maximum Gasteiger partial charge on any atom is 0.0515 e. The molecule has 1 aliphatic rings. The van der Waals surface area contributed by atoms with Gasteiger partial charge in [0.1, 0.15) is 0 Å². The second kappa shape index (κ2) is 6.14. The van der Waals surface area contributed by atoms with Crippen LogP contribution in [0, 0.1) is 6.92 Å². The molecule has 0 bridgehead atoms. The normalized spacial score (nSPS) is 18.6. The first-order chi connectivity index (χ1) is 9.02. The SMILES string of the molecule is CCC(C)N1CCN(c2cc(C)c(N)cc2Br)CC1. The van der Waals surface area contributed by atoms with Gasteiger partial charge in [0, 0.05) is 42.4 Å². The molecule has 106 valence electrons. The van der Waals surface area contributed by atoms with Crippen molar-refractivity contribution in [2.24, 2.45) is 0 Å². The molecule has 3 nitrogen and oxygen atoms in total. The molecule has 0 amide bonds. The van der Waals surface area contributed by atoms with Crippen LogP contribution < -0.4 is 10.6 Å². The Morgan fingerprint density at radius 1 is 1.26 bits per heavy atom. The van der Waals surface area contributed by atoms with Crippen molar-refractivity contribution in [3.63, 3.8) is 0 Å². The minimum Gasteiger partial charge on any atom is -0.398 e. The zero-order valence-electron chi connectivity index (χ0n) is 12.1. The maximum atomic E-state index is 5.94. The Morgan fingerprint density at radius 3 is 2.47 bits per heavy atom. The van der Waals surface area contributed by atoms with Crippen molar-refractivity contribution in [3.8, 4) is 0 Å². The minimum atomic E-state index is 0.693. The van der Waals surface area contributed by atoms with Gasteiger partial charge in [0.15, 0.2) is 0 Å². The summed E-state index contributed by atoms with van der Waals surface area (Å²) in [6, 6.07) is 4.91. The van der Waals surface area contributed by atoms with Crippen LogP contribution in [0.5, 0.6) is 0 Å². The molecule has 19 heavy (non-hydrogen) atoms. The monoisotopic (exact) mass is 325 g/mol. The lowest BCUT2D eigenvalue weighted by Gasteiger charge is -2.39. The molecule has 0 saturated carbocycles.